The van der Waals surface area contributed by atoms with Crippen molar-refractivity contribution >= 4 is 0 Å². The molecule has 0 aromatic heterocycles. The first-order chi connectivity index (χ1) is 20.6. The molecule has 4 aromatic carbocycles. The summed E-state index contributed by atoms with van der Waals surface area (Å²) in [6, 6.07) is 24.6. The van der Waals surface area contributed by atoms with Crippen LogP contribution in [-0.4, -0.2) is 27.2 Å². The lowest BCUT2D eigenvalue weighted by Crippen LogP contribution is -1.97. The molecule has 0 bridgehead atoms. The summed E-state index contributed by atoms with van der Waals surface area (Å²) in [5.74, 6) is 2.13. The second-order valence-corrected chi connectivity index (χ2v) is 10.5. The molecule has 4 N–H and O–H groups in total. The van der Waals surface area contributed by atoms with Crippen LogP contribution in [0.3, 0.4) is 0 Å². The Balaban J connectivity index is 0.000000199. The second-order valence-electron chi connectivity index (χ2n) is 10.5. The smallest absolute Gasteiger partial charge is 0.231 e. The zero-order valence-electron chi connectivity index (χ0n) is 24.1. The number of rotatable bonds is 10. The van der Waals surface area contributed by atoms with E-state index in [1.807, 2.05) is 42.5 Å². The molecule has 0 fully saturated rings. The van der Waals surface area contributed by atoms with E-state index in [9.17, 15) is 20.4 Å². The topological polar surface area (TPSA) is 99.4 Å². The van der Waals surface area contributed by atoms with Crippen molar-refractivity contribution in [2.75, 3.05) is 6.79 Å². The molecule has 0 unspecified atom stereocenters. The molecule has 6 heteroatoms. The van der Waals surface area contributed by atoms with Crippen LogP contribution in [0.15, 0.2) is 134 Å². The molecule has 0 saturated carbocycles. The molecule has 4 aromatic rings. The van der Waals surface area contributed by atoms with Gasteiger partial charge in [0.15, 0.2) is 11.5 Å². The molecule has 0 atom stereocenters. The third-order valence-corrected chi connectivity index (χ3v) is 7.03. The summed E-state index contributed by atoms with van der Waals surface area (Å²) in [7, 11) is 0. The zero-order valence-corrected chi connectivity index (χ0v) is 24.1. The first kappa shape index (κ1) is 30.6. The Morgan fingerprint density at radius 1 is 0.488 bits per heavy atom. The van der Waals surface area contributed by atoms with Crippen molar-refractivity contribution in [1.82, 2.24) is 0 Å². The van der Waals surface area contributed by atoms with Crippen molar-refractivity contribution in [1.29, 1.82) is 0 Å². The van der Waals surface area contributed by atoms with Gasteiger partial charge in [0.05, 0.1) is 0 Å². The minimum atomic E-state index is 0.0380. The summed E-state index contributed by atoms with van der Waals surface area (Å²) in [6.07, 6.45) is 2.57. The number of phenols is 4. The largest absolute Gasteiger partial charge is 0.508 e. The van der Waals surface area contributed by atoms with Crippen LogP contribution in [0.4, 0.5) is 0 Å². The van der Waals surface area contributed by atoms with Gasteiger partial charge < -0.3 is 29.9 Å². The Morgan fingerprint density at radius 3 is 1.47 bits per heavy atom. The van der Waals surface area contributed by atoms with Gasteiger partial charge in [-0.25, -0.2) is 0 Å². The number of hydrogen-bond acceptors (Lipinski definition) is 6. The molecule has 220 valence electrons. The highest BCUT2D eigenvalue weighted by Crippen LogP contribution is 2.34. The van der Waals surface area contributed by atoms with Crippen LogP contribution in [0.2, 0.25) is 0 Å². The van der Waals surface area contributed by atoms with Crippen molar-refractivity contribution in [2.24, 2.45) is 0 Å². The van der Waals surface area contributed by atoms with Crippen LogP contribution in [0.5, 0.6) is 34.5 Å². The van der Waals surface area contributed by atoms with Crippen molar-refractivity contribution in [3.05, 3.63) is 156 Å². The normalized spacial score (nSPS) is 11.3. The van der Waals surface area contributed by atoms with E-state index < -0.39 is 0 Å². The van der Waals surface area contributed by atoms with Crippen LogP contribution in [0.25, 0.3) is 0 Å². The van der Waals surface area contributed by atoms with Gasteiger partial charge in [0.2, 0.25) is 6.79 Å². The highest BCUT2D eigenvalue weighted by molar-refractivity contribution is 5.48. The van der Waals surface area contributed by atoms with Crippen LogP contribution >= 0.6 is 0 Å². The summed E-state index contributed by atoms with van der Waals surface area (Å²) in [5, 5.41) is 37.7. The molecular weight excluding hydrogens is 540 g/mol. The van der Waals surface area contributed by atoms with Crippen molar-refractivity contribution < 1.29 is 29.9 Å². The lowest BCUT2D eigenvalue weighted by atomic mass is 9.95. The second kappa shape index (κ2) is 14.0. The Morgan fingerprint density at radius 2 is 0.930 bits per heavy atom. The summed E-state index contributed by atoms with van der Waals surface area (Å²) in [6.45, 7) is 16.5. The number of allylic oxidation sites excluding steroid dienone is 4. The third-order valence-electron chi connectivity index (χ3n) is 7.03. The molecule has 1 aliphatic heterocycles. The van der Waals surface area contributed by atoms with E-state index in [0.717, 1.165) is 63.3 Å². The van der Waals surface area contributed by atoms with Gasteiger partial charge in [-0.15, -0.1) is 0 Å². The summed E-state index contributed by atoms with van der Waals surface area (Å²) < 4.78 is 10.7. The maximum atomic E-state index is 9.86. The van der Waals surface area contributed by atoms with Crippen molar-refractivity contribution in [3.63, 3.8) is 0 Å². The number of aromatic hydroxyl groups is 4. The Labute approximate surface area is 252 Å². The van der Waals surface area contributed by atoms with Gasteiger partial charge in [0.1, 0.15) is 23.0 Å². The molecular formula is C37H36O6. The van der Waals surface area contributed by atoms with Gasteiger partial charge >= 0.3 is 0 Å². The maximum absolute atomic E-state index is 9.86. The SMILES string of the molecule is C=C(Cc1ccc(O)cc1)C(=C)Cc1ccc(O)cc1.C=C(Cc1ccc2c(c1)OCO2)C(=C)Cc1ccc(O)cc1O. The fourth-order valence-electron chi connectivity index (χ4n) is 4.45. The zero-order chi connectivity index (χ0) is 30.9. The summed E-state index contributed by atoms with van der Waals surface area (Å²) in [4.78, 5) is 0. The predicted octanol–water partition coefficient (Wildman–Crippen LogP) is 7.72. The maximum Gasteiger partial charge on any atom is 0.231 e. The first-order valence-electron chi connectivity index (χ1n) is 13.7. The van der Waals surface area contributed by atoms with E-state index in [2.05, 4.69) is 26.3 Å². The number of ether oxygens (including phenoxy) is 2. The monoisotopic (exact) mass is 576 g/mol. The van der Waals surface area contributed by atoms with E-state index in [1.54, 1.807) is 36.4 Å². The van der Waals surface area contributed by atoms with E-state index in [4.69, 9.17) is 9.47 Å². The molecule has 0 spiro atoms. The Hall–Kier alpha value is -5.36. The lowest BCUT2D eigenvalue weighted by molar-refractivity contribution is 0.174. The molecule has 0 amide bonds. The average molecular weight is 577 g/mol. The Kier molecular flexibility index (Phi) is 9.97. The van der Waals surface area contributed by atoms with Crippen molar-refractivity contribution in [3.8, 4) is 34.5 Å². The molecule has 5 rings (SSSR count). The van der Waals surface area contributed by atoms with Gasteiger partial charge in [-0.05, 0) is 106 Å². The summed E-state index contributed by atoms with van der Waals surface area (Å²) >= 11 is 0. The predicted molar refractivity (Wildman–Crippen MR) is 170 cm³/mol. The molecule has 0 radical (unpaired) electrons. The molecule has 43 heavy (non-hydrogen) atoms. The fraction of sp³-hybridized carbons (Fsp3) is 0.135. The van der Waals surface area contributed by atoms with Crippen LogP contribution in [0, 0.1) is 0 Å². The number of hydrogen-bond donors (Lipinski definition) is 4. The Bertz CT molecular complexity index is 1570. The fourth-order valence-corrected chi connectivity index (χ4v) is 4.45. The van der Waals surface area contributed by atoms with Gasteiger partial charge in [-0.1, -0.05) is 62.7 Å². The van der Waals surface area contributed by atoms with E-state index in [1.165, 1.54) is 6.07 Å². The summed E-state index contributed by atoms with van der Waals surface area (Å²) in [5.41, 5.74) is 7.64. The number of benzene rings is 4. The van der Waals surface area contributed by atoms with Gasteiger partial charge in [0, 0.05) is 12.5 Å². The minimum Gasteiger partial charge on any atom is -0.508 e. The van der Waals surface area contributed by atoms with Gasteiger partial charge in [-0.3, -0.25) is 0 Å². The van der Waals surface area contributed by atoms with Crippen LogP contribution in [0.1, 0.15) is 22.3 Å². The average Bonchev–Trinajstić information content (AvgIpc) is 3.45. The molecule has 0 saturated heterocycles. The minimum absolute atomic E-state index is 0.0380. The molecule has 1 aliphatic rings. The quantitative estimate of drug-likeness (QED) is 0.144. The van der Waals surface area contributed by atoms with Gasteiger partial charge in [0.25, 0.3) is 0 Å². The number of phenolic OH excluding ortho intramolecular Hbond substituents is 4. The standard InChI is InChI=1S/C19H18O4.C18H18O2/c1-12(7-14-3-6-18-19(9-14)23-11-22-18)13(2)8-15-4-5-16(20)10-17(15)21;1-13(11-15-3-7-17(19)8-4-15)14(2)12-16-5-9-18(20)10-6-16/h3-6,9-10,20-21H,1-2,7-8,11H2;3-10,19-20H,1-2,11-12H2. The highest BCUT2D eigenvalue weighted by atomic mass is 16.7. The highest BCUT2D eigenvalue weighted by Gasteiger charge is 2.14. The van der Waals surface area contributed by atoms with Crippen molar-refractivity contribution in [2.45, 2.75) is 25.7 Å². The lowest BCUT2D eigenvalue weighted by Gasteiger charge is -2.11. The molecule has 6 nitrogen and oxygen atoms in total. The van der Waals surface area contributed by atoms with E-state index in [0.29, 0.717) is 18.4 Å². The van der Waals surface area contributed by atoms with E-state index in [-0.39, 0.29) is 29.8 Å². The third kappa shape index (κ3) is 8.81. The number of fused-ring (bicyclic) bond motifs is 1. The van der Waals surface area contributed by atoms with Gasteiger partial charge in [-0.2, -0.15) is 0 Å². The molecule has 1 heterocycles. The van der Waals surface area contributed by atoms with Crippen LogP contribution < -0.4 is 9.47 Å². The van der Waals surface area contributed by atoms with E-state index >= 15 is 0 Å². The first-order valence-corrected chi connectivity index (χ1v) is 13.7. The molecule has 0 aliphatic carbocycles. The van der Waals surface area contributed by atoms with Crippen LogP contribution in [-0.2, 0) is 25.7 Å².